The molecule has 1 heterocycles. The van der Waals surface area contributed by atoms with E-state index in [0.717, 1.165) is 18.6 Å². The normalized spacial score (nSPS) is 10.4. The van der Waals surface area contributed by atoms with Crippen molar-refractivity contribution in [1.82, 2.24) is 10.2 Å². The Kier molecular flexibility index (Phi) is 9.53. The number of thioether (sulfide) groups is 1. The zero-order valence-electron chi connectivity index (χ0n) is 19.1. The van der Waals surface area contributed by atoms with Gasteiger partial charge in [-0.1, -0.05) is 36.4 Å². The van der Waals surface area contributed by atoms with Gasteiger partial charge >= 0.3 is 0 Å². The molecule has 11 heteroatoms. The van der Waals surface area contributed by atoms with Gasteiger partial charge in [-0.3, -0.25) is 14.9 Å². The summed E-state index contributed by atoms with van der Waals surface area (Å²) in [6.07, 6.45) is 2.04. The number of unbranched alkanes of at least 4 members (excludes halogenated alkanes) is 1. The number of ether oxygens (including phenoxy) is 3. The lowest BCUT2D eigenvalue weighted by atomic mass is 10.2. The van der Waals surface area contributed by atoms with Crippen molar-refractivity contribution in [3.8, 4) is 17.2 Å². The third-order valence-corrected chi connectivity index (χ3v) is 6.48. The Morgan fingerprint density at radius 3 is 2.47 bits per heavy atom. The molecule has 0 atom stereocenters. The first-order valence-electron chi connectivity index (χ1n) is 10.5. The first kappa shape index (κ1) is 25.3. The molecule has 2 aromatic carbocycles. The van der Waals surface area contributed by atoms with Gasteiger partial charge in [-0.05, 0) is 42.8 Å². The summed E-state index contributed by atoms with van der Waals surface area (Å²) in [5.74, 6) is 1.46. The second-order valence-corrected chi connectivity index (χ2v) is 9.16. The highest BCUT2D eigenvalue weighted by Crippen LogP contribution is 2.30. The van der Waals surface area contributed by atoms with E-state index in [4.69, 9.17) is 14.2 Å². The number of anilines is 2. The van der Waals surface area contributed by atoms with Crippen LogP contribution in [-0.4, -0.2) is 48.6 Å². The Balaban J connectivity index is 1.47. The second kappa shape index (κ2) is 12.8. The predicted molar refractivity (Wildman–Crippen MR) is 134 cm³/mol. The number of carbonyl (C=O) groups excluding carboxylic acids is 2. The predicted octanol–water partition coefficient (Wildman–Crippen LogP) is 4.72. The molecule has 180 valence electrons. The minimum atomic E-state index is -0.293. The molecule has 2 N–H and O–H groups in total. The van der Waals surface area contributed by atoms with Crippen LogP contribution in [0.5, 0.6) is 17.2 Å². The van der Waals surface area contributed by atoms with Crippen LogP contribution >= 0.6 is 23.1 Å². The molecule has 0 radical (unpaired) electrons. The monoisotopic (exact) mass is 502 g/mol. The van der Waals surface area contributed by atoms with Gasteiger partial charge in [0.15, 0.2) is 15.8 Å². The summed E-state index contributed by atoms with van der Waals surface area (Å²) in [4.78, 5) is 24.8. The Morgan fingerprint density at radius 2 is 1.76 bits per heavy atom. The molecule has 0 aliphatic rings. The lowest BCUT2D eigenvalue weighted by molar-refractivity contribution is -0.113. The smallest absolute Gasteiger partial charge is 0.257 e. The van der Waals surface area contributed by atoms with Gasteiger partial charge in [0.1, 0.15) is 5.75 Å². The third kappa shape index (κ3) is 7.35. The van der Waals surface area contributed by atoms with Crippen LogP contribution in [0.3, 0.4) is 0 Å². The summed E-state index contributed by atoms with van der Waals surface area (Å²) < 4.78 is 16.6. The topological polar surface area (TPSA) is 112 Å². The van der Waals surface area contributed by atoms with Crippen molar-refractivity contribution in [2.24, 2.45) is 0 Å². The molecule has 0 aliphatic heterocycles. The Bertz CT molecular complexity index is 1100. The number of hydrogen-bond donors (Lipinski definition) is 2. The van der Waals surface area contributed by atoms with Crippen LogP contribution in [0.4, 0.5) is 10.8 Å². The van der Waals surface area contributed by atoms with Crippen molar-refractivity contribution in [3.63, 3.8) is 0 Å². The van der Waals surface area contributed by atoms with E-state index in [0.29, 0.717) is 38.8 Å². The molecule has 3 aromatic rings. The first-order valence-corrected chi connectivity index (χ1v) is 12.3. The highest BCUT2D eigenvalue weighted by molar-refractivity contribution is 8.01. The molecule has 0 aliphatic carbocycles. The summed E-state index contributed by atoms with van der Waals surface area (Å²) in [7, 11) is 3.08. The van der Waals surface area contributed by atoms with Gasteiger partial charge in [0.05, 0.1) is 26.6 Å². The molecule has 0 fully saturated rings. The second-order valence-electron chi connectivity index (χ2n) is 6.96. The van der Waals surface area contributed by atoms with E-state index >= 15 is 0 Å². The number of benzene rings is 2. The third-order valence-electron chi connectivity index (χ3n) is 4.50. The molecule has 0 unspecified atom stereocenters. The molecule has 3 rings (SSSR count). The fraction of sp³-hybridized carbons (Fsp3) is 0.304. The molecule has 0 saturated heterocycles. The van der Waals surface area contributed by atoms with E-state index < -0.39 is 0 Å². The number of carbonyl (C=O) groups is 2. The van der Waals surface area contributed by atoms with Crippen LogP contribution in [0.2, 0.25) is 0 Å². The first-order chi connectivity index (χ1) is 16.5. The van der Waals surface area contributed by atoms with Gasteiger partial charge in [0.2, 0.25) is 11.0 Å². The number of aromatic nitrogens is 2. The van der Waals surface area contributed by atoms with Gasteiger partial charge in [-0.25, -0.2) is 0 Å². The highest BCUT2D eigenvalue weighted by atomic mass is 32.2. The van der Waals surface area contributed by atoms with Crippen molar-refractivity contribution in [2.75, 3.05) is 37.2 Å². The maximum absolute atomic E-state index is 12.5. The summed E-state index contributed by atoms with van der Waals surface area (Å²) in [6, 6.07) is 12.1. The van der Waals surface area contributed by atoms with Crippen LogP contribution < -0.4 is 24.8 Å². The fourth-order valence-corrected chi connectivity index (χ4v) is 4.31. The summed E-state index contributed by atoms with van der Waals surface area (Å²) in [5.41, 5.74) is 1.08. The molecule has 1 aromatic heterocycles. The average molecular weight is 503 g/mol. The van der Waals surface area contributed by atoms with E-state index in [1.165, 1.54) is 30.2 Å². The summed E-state index contributed by atoms with van der Waals surface area (Å²) >= 11 is 2.43. The van der Waals surface area contributed by atoms with Crippen molar-refractivity contribution in [1.29, 1.82) is 0 Å². The molecule has 0 bridgehead atoms. The Hall–Kier alpha value is -3.31. The summed E-state index contributed by atoms with van der Waals surface area (Å²) in [5, 5.41) is 13.9. The Labute approximate surface area is 206 Å². The maximum atomic E-state index is 12.5. The van der Waals surface area contributed by atoms with Gasteiger partial charge in [0, 0.05) is 17.3 Å². The van der Waals surface area contributed by atoms with Crippen LogP contribution in [0.1, 0.15) is 30.1 Å². The van der Waals surface area contributed by atoms with E-state index in [1.54, 1.807) is 49.6 Å². The lowest BCUT2D eigenvalue weighted by Crippen LogP contribution is -2.14. The van der Waals surface area contributed by atoms with E-state index in [1.807, 2.05) is 0 Å². The quantitative estimate of drug-likeness (QED) is 0.208. The molecular formula is C23H26N4O5S2. The standard InChI is InChI=1S/C23H26N4O5S2/c1-4-5-12-32-17-9-6-15(7-10-17)21(29)25-22-26-27-23(34-22)33-14-20(28)24-16-8-11-18(30-2)19(13-16)31-3/h6-11,13H,4-5,12,14H2,1-3H3,(H,24,28)(H,25,26,29). The van der Waals surface area contributed by atoms with Gasteiger partial charge < -0.3 is 19.5 Å². The van der Waals surface area contributed by atoms with Crippen LogP contribution in [0, 0.1) is 0 Å². The molecule has 2 amide bonds. The van der Waals surface area contributed by atoms with Gasteiger partial charge in [-0.15, -0.1) is 10.2 Å². The van der Waals surface area contributed by atoms with Crippen LogP contribution in [0.25, 0.3) is 0 Å². The number of amides is 2. The van der Waals surface area contributed by atoms with Crippen molar-refractivity contribution < 1.29 is 23.8 Å². The number of hydrogen-bond acceptors (Lipinski definition) is 9. The van der Waals surface area contributed by atoms with Crippen LogP contribution in [0.15, 0.2) is 46.8 Å². The lowest BCUT2D eigenvalue weighted by Gasteiger charge is -2.10. The molecule has 34 heavy (non-hydrogen) atoms. The number of rotatable bonds is 12. The molecule has 9 nitrogen and oxygen atoms in total. The molecular weight excluding hydrogens is 476 g/mol. The Morgan fingerprint density at radius 1 is 1.00 bits per heavy atom. The van der Waals surface area contributed by atoms with E-state index in [9.17, 15) is 9.59 Å². The zero-order valence-corrected chi connectivity index (χ0v) is 20.8. The molecule has 0 spiro atoms. The number of methoxy groups -OCH3 is 2. The SMILES string of the molecule is CCCCOc1ccc(C(=O)Nc2nnc(SCC(=O)Nc3ccc(OC)c(OC)c3)s2)cc1. The minimum absolute atomic E-state index is 0.135. The largest absolute Gasteiger partial charge is 0.494 e. The average Bonchev–Trinajstić information content (AvgIpc) is 3.30. The van der Waals surface area contributed by atoms with Crippen molar-refractivity contribution >= 4 is 45.7 Å². The van der Waals surface area contributed by atoms with Crippen LogP contribution in [-0.2, 0) is 4.79 Å². The maximum Gasteiger partial charge on any atom is 0.257 e. The van der Waals surface area contributed by atoms with E-state index in [-0.39, 0.29) is 17.6 Å². The van der Waals surface area contributed by atoms with Gasteiger partial charge in [0.25, 0.3) is 5.91 Å². The fourth-order valence-electron chi connectivity index (χ4n) is 2.76. The number of nitrogens with zero attached hydrogens (tertiary/aromatic N) is 2. The van der Waals surface area contributed by atoms with Gasteiger partial charge in [-0.2, -0.15) is 0 Å². The zero-order chi connectivity index (χ0) is 24.3. The molecule has 0 saturated carbocycles. The van der Waals surface area contributed by atoms with Crippen molar-refractivity contribution in [2.45, 2.75) is 24.1 Å². The number of nitrogens with one attached hydrogen (secondary N) is 2. The summed E-state index contributed by atoms with van der Waals surface area (Å²) in [6.45, 7) is 2.75. The van der Waals surface area contributed by atoms with E-state index in [2.05, 4.69) is 27.8 Å². The minimum Gasteiger partial charge on any atom is -0.494 e. The van der Waals surface area contributed by atoms with Crippen molar-refractivity contribution in [3.05, 3.63) is 48.0 Å². The highest BCUT2D eigenvalue weighted by Gasteiger charge is 2.13.